The van der Waals surface area contributed by atoms with Crippen LogP contribution in [0.1, 0.15) is 19.3 Å². The minimum atomic E-state index is -0.915. The molecular formula is C12H15NO3. The Morgan fingerprint density at radius 1 is 1.38 bits per heavy atom. The van der Waals surface area contributed by atoms with Crippen molar-refractivity contribution in [2.24, 2.45) is 0 Å². The monoisotopic (exact) mass is 221 g/mol. The van der Waals surface area contributed by atoms with Gasteiger partial charge in [0.05, 0.1) is 6.42 Å². The lowest BCUT2D eigenvalue weighted by Crippen LogP contribution is -2.35. The summed E-state index contributed by atoms with van der Waals surface area (Å²) in [6.45, 7) is 7.51. The molecule has 4 heteroatoms. The number of nitrogens with zero attached hydrogens (tertiary/aromatic N) is 1. The van der Waals surface area contributed by atoms with Gasteiger partial charge in [0, 0.05) is 18.7 Å². The Balaban J connectivity index is 2.92. The van der Waals surface area contributed by atoms with E-state index in [4.69, 9.17) is 5.11 Å². The van der Waals surface area contributed by atoms with Gasteiger partial charge in [0.1, 0.15) is 0 Å². The second-order valence-electron chi connectivity index (χ2n) is 3.51. The average molecular weight is 221 g/mol. The Morgan fingerprint density at radius 3 is 2.56 bits per heavy atom. The summed E-state index contributed by atoms with van der Waals surface area (Å²) >= 11 is 0. The minimum absolute atomic E-state index is 0.0539. The van der Waals surface area contributed by atoms with Gasteiger partial charge in [-0.1, -0.05) is 19.2 Å². The third-order valence-corrected chi connectivity index (χ3v) is 2.52. The summed E-state index contributed by atoms with van der Waals surface area (Å²) < 4.78 is 0. The Morgan fingerprint density at radius 2 is 2.06 bits per heavy atom. The molecule has 1 aliphatic heterocycles. The number of carbonyl (C=O) groups is 2. The molecule has 0 fully saturated rings. The van der Waals surface area contributed by atoms with Crippen LogP contribution in [0.25, 0.3) is 0 Å². The van der Waals surface area contributed by atoms with Crippen molar-refractivity contribution >= 4 is 11.9 Å². The van der Waals surface area contributed by atoms with Gasteiger partial charge in [0.2, 0.25) is 5.91 Å². The lowest BCUT2D eigenvalue weighted by Gasteiger charge is -2.29. The van der Waals surface area contributed by atoms with Crippen molar-refractivity contribution < 1.29 is 14.7 Å². The zero-order valence-electron chi connectivity index (χ0n) is 9.11. The molecule has 1 amide bonds. The molecular weight excluding hydrogens is 206 g/mol. The van der Waals surface area contributed by atoms with Gasteiger partial charge in [-0.25, -0.2) is 0 Å². The van der Waals surface area contributed by atoms with Crippen molar-refractivity contribution in [1.82, 2.24) is 4.90 Å². The molecule has 0 unspecified atom stereocenters. The van der Waals surface area contributed by atoms with E-state index in [9.17, 15) is 9.59 Å². The molecule has 4 nitrogen and oxygen atoms in total. The lowest BCUT2D eigenvalue weighted by molar-refractivity contribution is -0.138. The number of hydrogen-bond donors (Lipinski definition) is 1. The van der Waals surface area contributed by atoms with Crippen LogP contribution in [-0.4, -0.2) is 28.4 Å². The first-order chi connectivity index (χ1) is 7.60. The maximum Gasteiger partial charge on any atom is 0.305 e. The number of carbonyl (C=O) groups excluding carboxylic acids is 1. The van der Waals surface area contributed by atoms with E-state index < -0.39 is 5.97 Å². The summed E-state index contributed by atoms with van der Waals surface area (Å²) in [4.78, 5) is 23.6. The number of allylic oxidation sites excluding steroid dienone is 3. The van der Waals surface area contributed by atoms with Crippen molar-refractivity contribution in [3.8, 4) is 0 Å². The number of amides is 1. The first-order valence-corrected chi connectivity index (χ1v) is 5.10. The van der Waals surface area contributed by atoms with Crippen LogP contribution in [0, 0.1) is 0 Å². The molecule has 0 aliphatic carbocycles. The highest BCUT2D eigenvalue weighted by molar-refractivity contribution is 5.81. The van der Waals surface area contributed by atoms with Crippen molar-refractivity contribution in [3.05, 3.63) is 36.6 Å². The molecule has 0 atom stereocenters. The minimum Gasteiger partial charge on any atom is -0.481 e. The highest BCUT2D eigenvalue weighted by atomic mass is 16.4. The van der Waals surface area contributed by atoms with Crippen LogP contribution < -0.4 is 0 Å². The van der Waals surface area contributed by atoms with Gasteiger partial charge in [0.15, 0.2) is 0 Å². The summed E-state index contributed by atoms with van der Waals surface area (Å²) in [5.74, 6) is -0.969. The summed E-state index contributed by atoms with van der Waals surface area (Å²) in [6.07, 6.45) is 4.26. The van der Waals surface area contributed by atoms with Crippen LogP contribution in [0.2, 0.25) is 0 Å². The van der Waals surface area contributed by atoms with Gasteiger partial charge in [-0.15, -0.1) is 0 Å². The highest BCUT2D eigenvalue weighted by Crippen LogP contribution is 2.24. The largest absolute Gasteiger partial charge is 0.481 e. The van der Waals surface area contributed by atoms with E-state index in [1.54, 1.807) is 12.2 Å². The topological polar surface area (TPSA) is 57.6 Å². The van der Waals surface area contributed by atoms with Crippen molar-refractivity contribution in [3.63, 3.8) is 0 Å². The number of rotatable bonds is 5. The van der Waals surface area contributed by atoms with E-state index in [0.29, 0.717) is 18.5 Å². The molecule has 0 saturated heterocycles. The Hall–Kier alpha value is -1.84. The van der Waals surface area contributed by atoms with Crippen molar-refractivity contribution in [1.29, 1.82) is 0 Å². The van der Waals surface area contributed by atoms with Crippen LogP contribution >= 0.6 is 0 Å². The molecule has 86 valence electrons. The summed E-state index contributed by atoms with van der Waals surface area (Å²) in [6, 6.07) is 0. The van der Waals surface area contributed by atoms with Gasteiger partial charge in [-0.2, -0.15) is 0 Å². The molecule has 0 aromatic heterocycles. The van der Waals surface area contributed by atoms with Crippen LogP contribution in [-0.2, 0) is 9.59 Å². The maximum absolute atomic E-state index is 11.7. The number of hydrogen-bond acceptors (Lipinski definition) is 2. The zero-order chi connectivity index (χ0) is 12.1. The summed E-state index contributed by atoms with van der Waals surface area (Å²) in [5, 5.41) is 8.61. The molecule has 0 bridgehead atoms. The molecule has 1 N–H and O–H groups in total. The molecule has 1 rings (SSSR count). The van der Waals surface area contributed by atoms with E-state index in [2.05, 4.69) is 13.2 Å². The predicted octanol–water partition coefficient (Wildman–Crippen LogP) is 1.71. The average Bonchev–Trinajstić information content (AvgIpc) is 2.26. The van der Waals surface area contributed by atoms with E-state index in [1.165, 1.54) is 4.90 Å². The van der Waals surface area contributed by atoms with Crippen LogP contribution in [0.3, 0.4) is 0 Å². The smallest absolute Gasteiger partial charge is 0.305 e. The first-order valence-electron chi connectivity index (χ1n) is 5.10. The predicted molar refractivity (Wildman–Crippen MR) is 60.6 cm³/mol. The Kier molecular flexibility index (Phi) is 4.05. The van der Waals surface area contributed by atoms with Gasteiger partial charge < -0.3 is 10.0 Å². The quantitative estimate of drug-likeness (QED) is 0.768. The summed E-state index contributed by atoms with van der Waals surface area (Å²) in [7, 11) is 0. The standard InChI is InChI=1S/C12H15NO3/c1-3-9-5-6-11(14)13(10(9)4-2)8-7-12(15)16/h3-4H,1-2,5-8H2,(H,15,16). The number of carboxylic acid groups (broad SMARTS) is 1. The van der Waals surface area contributed by atoms with Gasteiger partial charge in [-0.05, 0) is 18.1 Å². The van der Waals surface area contributed by atoms with Gasteiger partial charge >= 0.3 is 5.97 Å². The maximum atomic E-state index is 11.7. The molecule has 0 aromatic rings. The highest BCUT2D eigenvalue weighted by Gasteiger charge is 2.23. The zero-order valence-corrected chi connectivity index (χ0v) is 9.11. The molecule has 0 radical (unpaired) electrons. The Labute approximate surface area is 94.6 Å². The van der Waals surface area contributed by atoms with Crippen LogP contribution in [0.15, 0.2) is 36.6 Å². The SMILES string of the molecule is C=CC1=C(C=C)N(CCC(=O)O)C(=O)CC1. The van der Waals surface area contributed by atoms with Crippen molar-refractivity contribution in [2.75, 3.05) is 6.54 Å². The van der Waals surface area contributed by atoms with Gasteiger partial charge in [-0.3, -0.25) is 9.59 Å². The molecule has 0 aromatic carbocycles. The molecule has 16 heavy (non-hydrogen) atoms. The van der Waals surface area contributed by atoms with Gasteiger partial charge in [0.25, 0.3) is 0 Å². The second kappa shape index (κ2) is 5.30. The first kappa shape index (κ1) is 12.2. The normalized spacial score (nSPS) is 16.2. The van der Waals surface area contributed by atoms with E-state index in [0.717, 1.165) is 5.57 Å². The fraction of sp³-hybridized carbons (Fsp3) is 0.333. The van der Waals surface area contributed by atoms with E-state index in [1.807, 2.05) is 0 Å². The lowest BCUT2D eigenvalue weighted by atomic mass is 10.0. The molecule has 1 heterocycles. The summed E-state index contributed by atoms with van der Waals surface area (Å²) in [5.41, 5.74) is 1.63. The molecule has 1 aliphatic rings. The number of aliphatic carboxylic acids is 1. The van der Waals surface area contributed by atoms with Crippen LogP contribution in [0.5, 0.6) is 0 Å². The van der Waals surface area contributed by atoms with E-state index >= 15 is 0 Å². The fourth-order valence-corrected chi connectivity index (χ4v) is 1.71. The molecule has 0 spiro atoms. The van der Waals surface area contributed by atoms with E-state index in [-0.39, 0.29) is 18.9 Å². The third-order valence-electron chi connectivity index (χ3n) is 2.52. The second-order valence-corrected chi connectivity index (χ2v) is 3.51. The van der Waals surface area contributed by atoms with Crippen molar-refractivity contribution in [2.45, 2.75) is 19.3 Å². The third kappa shape index (κ3) is 2.59. The van der Waals surface area contributed by atoms with Crippen LogP contribution in [0.4, 0.5) is 0 Å². The molecule has 0 saturated carbocycles. The Bertz CT molecular complexity index is 368. The number of carboxylic acids is 1. The fourth-order valence-electron chi connectivity index (χ4n) is 1.71.